The quantitative estimate of drug-likeness (QED) is 0.652. The number of aryl methyl sites for hydroxylation is 1. The molecule has 5 nitrogen and oxygen atoms in total. The molecule has 0 saturated carbocycles. The fraction of sp³-hybridized carbons (Fsp3) is 0.333. The molecular weight excluding hydrogens is 385 g/mol. The lowest BCUT2D eigenvalue weighted by molar-refractivity contribution is -0.128. The number of hydrogen-bond donors (Lipinski definition) is 2. The molecule has 2 atom stereocenters. The van der Waals surface area contributed by atoms with Crippen molar-refractivity contribution in [2.75, 3.05) is 6.54 Å². The van der Waals surface area contributed by atoms with Gasteiger partial charge in [0.15, 0.2) is 0 Å². The number of carboxylic acids is 1. The second-order valence-corrected chi connectivity index (χ2v) is 7.71. The summed E-state index contributed by atoms with van der Waals surface area (Å²) in [5, 5.41) is 19.3. The summed E-state index contributed by atoms with van der Waals surface area (Å²) in [5.41, 5.74) is 2.47. The van der Waals surface area contributed by atoms with E-state index in [1.54, 1.807) is 17.0 Å². The highest BCUT2D eigenvalue weighted by molar-refractivity contribution is 5.87. The van der Waals surface area contributed by atoms with Gasteiger partial charge in [-0.3, -0.25) is 4.79 Å². The zero-order valence-electron chi connectivity index (χ0n) is 16.9. The van der Waals surface area contributed by atoms with E-state index in [1.165, 1.54) is 12.1 Å². The van der Waals surface area contributed by atoms with Gasteiger partial charge < -0.3 is 15.1 Å². The van der Waals surface area contributed by atoms with Gasteiger partial charge in [0.2, 0.25) is 5.91 Å². The van der Waals surface area contributed by atoms with E-state index in [0.29, 0.717) is 37.8 Å². The van der Waals surface area contributed by atoms with E-state index in [1.807, 2.05) is 37.3 Å². The monoisotopic (exact) mass is 411 g/mol. The Balaban J connectivity index is 1.59. The van der Waals surface area contributed by atoms with Crippen molar-refractivity contribution >= 4 is 11.9 Å². The molecule has 158 valence electrons. The van der Waals surface area contributed by atoms with Crippen molar-refractivity contribution in [1.29, 1.82) is 0 Å². The Hall–Kier alpha value is -2.99. The van der Waals surface area contributed by atoms with Gasteiger partial charge in [0.25, 0.3) is 0 Å². The fourth-order valence-electron chi connectivity index (χ4n) is 3.79. The van der Waals surface area contributed by atoms with Gasteiger partial charge >= 0.3 is 5.97 Å². The van der Waals surface area contributed by atoms with Crippen molar-refractivity contribution in [2.24, 2.45) is 0 Å². The van der Waals surface area contributed by atoms with Crippen LogP contribution in [-0.2, 0) is 17.6 Å². The zero-order chi connectivity index (χ0) is 21.7. The summed E-state index contributed by atoms with van der Waals surface area (Å²) >= 11 is 0. The summed E-state index contributed by atoms with van der Waals surface area (Å²) < 4.78 is 13.9. The van der Waals surface area contributed by atoms with Crippen molar-refractivity contribution in [2.45, 2.75) is 44.8 Å². The molecule has 0 radical (unpaired) electrons. The van der Waals surface area contributed by atoms with Gasteiger partial charge in [-0.05, 0) is 43.0 Å². The standard InChI is InChI=1S/C24H26FNO4/c1-16-3-2-4-18(13-16)14-20(27)8-6-19-7-10-23(28)26(19)12-11-17-5-9-21(24(29)30)22(25)15-17/h2-6,8-9,13,15,19-20,27H,7,10-12,14H2,1H3,(H,29,30)/b8-6+/t19-,20+/m0/s1. The first-order valence-corrected chi connectivity index (χ1v) is 10.1. The van der Waals surface area contributed by atoms with Crippen LogP contribution in [-0.4, -0.2) is 45.7 Å². The molecule has 0 spiro atoms. The minimum absolute atomic E-state index is 0.0282. The van der Waals surface area contributed by atoms with Crippen LogP contribution in [0, 0.1) is 12.7 Å². The molecule has 1 heterocycles. The molecule has 0 bridgehead atoms. The average molecular weight is 411 g/mol. The third-order valence-electron chi connectivity index (χ3n) is 5.36. The van der Waals surface area contributed by atoms with E-state index in [-0.39, 0.29) is 17.5 Å². The second-order valence-electron chi connectivity index (χ2n) is 7.71. The second kappa shape index (κ2) is 9.67. The highest BCUT2D eigenvalue weighted by atomic mass is 19.1. The normalized spacial score (nSPS) is 17.6. The lowest BCUT2D eigenvalue weighted by Gasteiger charge is -2.23. The number of nitrogens with zero attached hydrogens (tertiary/aromatic N) is 1. The summed E-state index contributed by atoms with van der Waals surface area (Å²) in [6.45, 7) is 2.42. The van der Waals surface area contributed by atoms with Crippen LogP contribution >= 0.6 is 0 Å². The van der Waals surface area contributed by atoms with E-state index in [2.05, 4.69) is 0 Å². The third-order valence-corrected chi connectivity index (χ3v) is 5.36. The third kappa shape index (κ3) is 5.54. The number of carbonyl (C=O) groups is 2. The Morgan fingerprint density at radius 2 is 2.07 bits per heavy atom. The number of carbonyl (C=O) groups excluding carboxylic acids is 1. The van der Waals surface area contributed by atoms with Crippen molar-refractivity contribution in [1.82, 2.24) is 4.90 Å². The Kier molecular flexibility index (Phi) is 7.00. The number of amides is 1. The molecule has 1 amide bonds. The Morgan fingerprint density at radius 1 is 1.27 bits per heavy atom. The van der Waals surface area contributed by atoms with Crippen LogP contribution in [0.4, 0.5) is 4.39 Å². The summed E-state index contributed by atoms with van der Waals surface area (Å²) in [7, 11) is 0. The molecule has 1 aliphatic heterocycles. The maximum Gasteiger partial charge on any atom is 0.338 e. The summed E-state index contributed by atoms with van der Waals surface area (Å²) in [5.74, 6) is -2.05. The largest absolute Gasteiger partial charge is 0.478 e. The first-order valence-electron chi connectivity index (χ1n) is 10.1. The molecule has 2 N–H and O–H groups in total. The van der Waals surface area contributed by atoms with Crippen LogP contribution in [0.1, 0.15) is 39.9 Å². The Morgan fingerprint density at radius 3 is 2.77 bits per heavy atom. The number of likely N-dealkylation sites (tertiary alicyclic amines) is 1. The van der Waals surface area contributed by atoms with Crippen molar-refractivity contribution in [3.05, 3.63) is 82.7 Å². The molecule has 2 aromatic carbocycles. The van der Waals surface area contributed by atoms with E-state index >= 15 is 0 Å². The first-order chi connectivity index (χ1) is 14.3. The van der Waals surface area contributed by atoms with Crippen LogP contribution in [0.3, 0.4) is 0 Å². The van der Waals surface area contributed by atoms with E-state index < -0.39 is 17.9 Å². The molecule has 3 rings (SSSR count). The number of aromatic carboxylic acids is 1. The lowest BCUT2D eigenvalue weighted by Crippen LogP contribution is -2.33. The number of aliphatic hydroxyl groups excluding tert-OH is 1. The highest BCUT2D eigenvalue weighted by Gasteiger charge is 2.28. The zero-order valence-corrected chi connectivity index (χ0v) is 16.9. The number of aliphatic hydroxyl groups is 1. The predicted molar refractivity (Wildman–Crippen MR) is 112 cm³/mol. The van der Waals surface area contributed by atoms with E-state index in [4.69, 9.17) is 5.11 Å². The molecule has 30 heavy (non-hydrogen) atoms. The van der Waals surface area contributed by atoms with Crippen LogP contribution in [0.25, 0.3) is 0 Å². The number of benzene rings is 2. The summed E-state index contributed by atoms with van der Waals surface area (Å²) in [6.07, 6.45) is 5.03. The van der Waals surface area contributed by atoms with Gasteiger partial charge in [0, 0.05) is 19.4 Å². The Bertz CT molecular complexity index is 956. The smallest absolute Gasteiger partial charge is 0.338 e. The van der Waals surface area contributed by atoms with Gasteiger partial charge in [0.1, 0.15) is 5.82 Å². The molecule has 1 fully saturated rings. The maximum atomic E-state index is 13.9. The molecule has 1 aliphatic rings. The van der Waals surface area contributed by atoms with Crippen molar-refractivity contribution in [3.63, 3.8) is 0 Å². The van der Waals surface area contributed by atoms with Crippen LogP contribution < -0.4 is 0 Å². The number of halogens is 1. The summed E-state index contributed by atoms with van der Waals surface area (Å²) in [6, 6.07) is 11.9. The molecular formula is C24H26FNO4. The number of hydrogen-bond acceptors (Lipinski definition) is 3. The molecule has 0 unspecified atom stereocenters. The maximum absolute atomic E-state index is 13.9. The van der Waals surface area contributed by atoms with Gasteiger partial charge in [-0.1, -0.05) is 48.0 Å². The minimum atomic E-state index is -1.30. The van der Waals surface area contributed by atoms with Gasteiger partial charge in [-0.15, -0.1) is 0 Å². The molecule has 0 aromatic heterocycles. The molecule has 0 aliphatic carbocycles. The lowest BCUT2D eigenvalue weighted by atomic mass is 10.0. The van der Waals surface area contributed by atoms with Gasteiger partial charge in [0.05, 0.1) is 17.7 Å². The van der Waals surface area contributed by atoms with E-state index in [9.17, 15) is 19.1 Å². The van der Waals surface area contributed by atoms with Crippen molar-refractivity contribution in [3.8, 4) is 0 Å². The van der Waals surface area contributed by atoms with Gasteiger partial charge in [-0.25, -0.2) is 9.18 Å². The van der Waals surface area contributed by atoms with E-state index in [0.717, 1.165) is 11.1 Å². The highest BCUT2D eigenvalue weighted by Crippen LogP contribution is 2.21. The van der Waals surface area contributed by atoms with Crippen molar-refractivity contribution < 1.29 is 24.2 Å². The van der Waals surface area contributed by atoms with Crippen LogP contribution in [0.2, 0.25) is 0 Å². The Labute approximate surface area is 175 Å². The first kappa shape index (κ1) is 21.7. The van der Waals surface area contributed by atoms with Crippen LogP contribution in [0.5, 0.6) is 0 Å². The molecule has 6 heteroatoms. The number of carboxylic acid groups (broad SMARTS) is 1. The average Bonchev–Trinajstić information content (AvgIpc) is 3.04. The topological polar surface area (TPSA) is 77.8 Å². The van der Waals surface area contributed by atoms with Crippen LogP contribution in [0.15, 0.2) is 54.6 Å². The number of rotatable bonds is 8. The molecule has 2 aromatic rings. The summed E-state index contributed by atoms with van der Waals surface area (Å²) in [4.78, 5) is 24.9. The fourth-order valence-corrected chi connectivity index (χ4v) is 3.79. The van der Waals surface area contributed by atoms with Gasteiger partial charge in [-0.2, -0.15) is 0 Å². The predicted octanol–water partition coefficient (Wildman–Crippen LogP) is 3.53. The minimum Gasteiger partial charge on any atom is -0.478 e. The molecule has 1 saturated heterocycles. The SMILES string of the molecule is Cc1cccc(C[C@H](O)/C=C/[C@H]2CCC(=O)N2CCc2ccc(C(=O)O)c(F)c2)c1.